The summed E-state index contributed by atoms with van der Waals surface area (Å²) in [6, 6.07) is 0. The SMILES string of the molecule is C=CCN(CC=C)[C]12[CH]3[CH]4[CH]5[C]1(C)[Fe]45321678[CH]2[CH]1[CH]6[CH]7[CH]28. The first kappa shape index (κ1) is 7.82. The van der Waals surface area contributed by atoms with Crippen LogP contribution in [-0.4, -0.2) is 22.4 Å². The average Bonchev–Trinajstić information content (AvgIpc) is 3.33. The molecule has 0 aromatic rings. The maximum absolute atomic E-state index is 4.07. The molecule has 0 amide bonds. The monoisotopic (exact) mass is 295 g/mol. The average molecular weight is 295 g/mol. The Morgan fingerprint density at radius 1 is 0.947 bits per heavy atom. The van der Waals surface area contributed by atoms with E-state index in [-0.39, 0.29) is 0 Å². The third kappa shape index (κ3) is 0.0801. The van der Waals surface area contributed by atoms with Crippen molar-refractivity contribution >= 4 is 0 Å². The van der Waals surface area contributed by atoms with E-state index in [0.717, 1.165) is 21.8 Å². The molecule has 0 saturated carbocycles. The zero-order valence-electron chi connectivity index (χ0n) is 11.4. The van der Waals surface area contributed by atoms with Gasteiger partial charge in [0.2, 0.25) is 0 Å². The zero-order chi connectivity index (χ0) is 12.3. The normalized spacial score (nSPS) is 112. The Hall–Kier alpha value is -0.0405. The van der Waals surface area contributed by atoms with E-state index >= 15 is 0 Å². The molecule has 10 aliphatic rings. The Labute approximate surface area is 104 Å². The second-order valence-corrected chi connectivity index (χ2v) is 35.0. The summed E-state index contributed by atoms with van der Waals surface area (Å²) in [6.45, 7) is 10.2. The molecule has 0 N–H and O–H groups in total. The van der Waals surface area contributed by atoms with Crippen molar-refractivity contribution in [3.63, 3.8) is 0 Å². The molecule has 10 rings (SSSR count). The van der Waals surface area contributed by atoms with Gasteiger partial charge in [-0.05, 0) is 0 Å². The first-order valence-electron chi connectivity index (χ1n) is 8.14. The van der Waals surface area contributed by atoms with Gasteiger partial charge in [0.15, 0.2) is 0 Å². The number of hydrogen-bond acceptors (Lipinski definition) is 1. The molecule has 0 aromatic heterocycles. The molecule has 102 valence electrons. The summed E-state index contributed by atoms with van der Waals surface area (Å²) in [5.74, 6) is 0. The minimum absolute atomic E-state index is 0.842. The molecule has 1 nitrogen and oxygen atoms in total. The van der Waals surface area contributed by atoms with E-state index in [9.17, 15) is 0 Å². The van der Waals surface area contributed by atoms with Gasteiger partial charge in [-0.3, -0.25) is 0 Å². The zero-order valence-corrected chi connectivity index (χ0v) is 12.5. The van der Waals surface area contributed by atoms with Gasteiger partial charge < -0.3 is 0 Å². The van der Waals surface area contributed by atoms with Crippen molar-refractivity contribution in [3.8, 4) is 0 Å². The summed E-state index contributed by atoms with van der Waals surface area (Å²) in [5, 5.41) is 0. The van der Waals surface area contributed by atoms with E-state index in [2.05, 4.69) is 37.1 Å². The van der Waals surface area contributed by atoms with Gasteiger partial charge in [0, 0.05) is 0 Å². The predicted molar refractivity (Wildman–Crippen MR) is 73.1 cm³/mol. The van der Waals surface area contributed by atoms with Gasteiger partial charge in [0.05, 0.1) is 0 Å². The molecule has 2 heteroatoms. The van der Waals surface area contributed by atoms with Gasteiger partial charge in [-0.15, -0.1) is 0 Å². The molecular formula is C17H21FeN. The molecule has 0 radical (unpaired) electrons. The molecule has 10 saturated heterocycles. The molecule has 19 heavy (non-hydrogen) atoms. The van der Waals surface area contributed by atoms with Gasteiger partial charge in [-0.25, -0.2) is 0 Å². The third-order valence-electron chi connectivity index (χ3n) is 16.7. The summed E-state index contributed by atoms with van der Waals surface area (Å²) < 4.78 is 1.78. The van der Waals surface area contributed by atoms with Crippen LogP contribution in [0, 0.1) is 0 Å². The summed E-state index contributed by atoms with van der Waals surface area (Å²) in [6.07, 6.45) is 4.36. The third-order valence-corrected chi connectivity index (χ3v) is 60.8. The van der Waals surface area contributed by atoms with Crippen molar-refractivity contribution in [2.24, 2.45) is 0 Å². The van der Waals surface area contributed by atoms with Crippen LogP contribution in [0.5, 0.6) is 0 Å². The van der Waals surface area contributed by atoms with Gasteiger partial charge in [0.1, 0.15) is 0 Å². The van der Waals surface area contributed by atoms with E-state index in [1.807, 2.05) is 0 Å². The van der Waals surface area contributed by atoms with Crippen LogP contribution in [0.1, 0.15) is 6.92 Å². The molecule has 10 fully saturated rings. The van der Waals surface area contributed by atoms with E-state index in [1.165, 1.54) is 38.5 Å². The number of hydrogen-bond donors (Lipinski definition) is 0. The second kappa shape index (κ2) is 0.668. The molecule has 1 spiro atoms. The topological polar surface area (TPSA) is 3.24 Å². The van der Waals surface area contributed by atoms with Crippen LogP contribution >= 0.6 is 0 Å². The van der Waals surface area contributed by atoms with Crippen molar-refractivity contribution < 1.29 is 6.51 Å². The van der Waals surface area contributed by atoms with Crippen molar-refractivity contribution in [2.45, 2.75) is 54.2 Å². The van der Waals surface area contributed by atoms with E-state index in [1.54, 1.807) is 0 Å². The Bertz CT molecular complexity index is 1030. The predicted octanol–water partition coefficient (Wildman–Crippen LogP) is 4.35. The van der Waals surface area contributed by atoms with E-state index in [4.69, 9.17) is 0 Å². The Morgan fingerprint density at radius 3 is 1.68 bits per heavy atom. The number of nitrogens with zero attached hydrogens (tertiary/aromatic N) is 1. The molecule has 10 aliphatic heterocycles. The van der Waals surface area contributed by atoms with Gasteiger partial charge in [0.25, 0.3) is 0 Å². The van der Waals surface area contributed by atoms with Crippen LogP contribution in [0.25, 0.3) is 0 Å². The first-order chi connectivity index (χ1) is 8.96. The molecule has 0 aromatic carbocycles. The summed E-state index contributed by atoms with van der Waals surface area (Å²) in [5.41, 5.74) is 0. The van der Waals surface area contributed by atoms with Crippen molar-refractivity contribution in [1.82, 2.24) is 4.90 Å². The fourth-order valence-corrected chi connectivity index (χ4v) is 96.3. The molecule has 5 atom stereocenters. The van der Waals surface area contributed by atoms with Crippen LogP contribution in [0.2, 0.25) is 42.8 Å². The van der Waals surface area contributed by atoms with Crippen LogP contribution in [0.3, 0.4) is 0 Å². The Kier molecular flexibility index (Phi) is 0.275. The summed E-state index contributed by atoms with van der Waals surface area (Å²) in [4.78, 5) is 14.1. The standard InChI is InChI=1S/C12H16N.C5H5.Fe/c1-4-9-13(10-5-2)12-8-6-7-11(12)3;1-2-4-5-3-1;/h4-8H,1-2,9-10H2,3H3;1-5H;. The fourth-order valence-electron chi connectivity index (χ4n) is 19.1. The Morgan fingerprint density at radius 2 is 1.47 bits per heavy atom. The van der Waals surface area contributed by atoms with Crippen LogP contribution in [0.15, 0.2) is 25.3 Å². The number of rotatable bonds is 5. The minimum atomic E-state index is -3.06. The summed E-state index contributed by atoms with van der Waals surface area (Å²) in [7, 11) is 0. The summed E-state index contributed by atoms with van der Waals surface area (Å²) >= 11 is 0. The molecular weight excluding hydrogens is 274 g/mol. The van der Waals surface area contributed by atoms with Crippen LogP contribution in [-0.2, 0) is 6.51 Å². The van der Waals surface area contributed by atoms with Gasteiger partial charge >= 0.3 is 104 Å². The maximum atomic E-state index is 4.07. The van der Waals surface area contributed by atoms with Crippen molar-refractivity contribution in [2.75, 3.05) is 13.1 Å². The second-order valence-electron chi connectivity index (χ2n) is 11.6. The quantitative estimate of drug-likeness (QED) is 0.538. The molecule has 0 bridgehead atoms. The van der Waals surface area contributed by atoms with Gasteiger partial charge in [-0.2, -0.15) is 0 Å². The molecule has 5 unspecified atom stereocenters. The van der Waals surface area contributed by atoms with Crippen LogP contribution in [0.4, 0.5) is 0 Å². The first-order valence-corrected chi connectivity index (χ1v) is 14.3. The van der Waals surface area contributed by atoms with E-state index < -0.39 is 6.51 Å². The van der Waals surface area contributed by atoms with E-state index in [0.29, 0.717) is 0 Å². The van der Waals surface area contributed by atoms with Gasteiger partial charge in [-0.1, -0.05) is 0 Å². The Balaban J connectivity index is 1.50. The molecule has 10 heterocycles. The van der Waals surface area contributed by atoms with Crippen molar-refractivity contribution in [3.05, 3.63) is 25.3 Å². The fraction of sp³-hybridized carbons (Fsp3) is 0.765. The number of fused-ring (bicyclic) bond motifs is 10. The van der Waals surface area contributed by atoms with Crippen LogP contribution < -0.4 is 0 Å². The molecule has 0 aliphatic carbocycles. The van der Waals surface area contributed by atoms with Crippen molar-refractivity contribution in [1.29, 1.82) is 0 Å².